The van der Waals surface area contributed by atoms with Crippen LogP contribution in [0.4, 0.5) is 13.2 Å². The van der Waals surface area contributed by atoms with Gasteiger partial charge in [0.25, 0.3) is 0 Å². The zero-order chi connectivity index (χ0) is 21.1. The fourth-order valence-corrected chi connectivity index (χ4v) is 5.82. The van der Waals surface area contributed by atoms with E-state index in [-0.39, 0.29) is 6.29 Å². The monoisotopic (exact) mass is 424 g/mol. The highest BCUT2D eigenvalue weighted by atomic mass is 19.4. The molecule has 0 spiro atoms. The third kappa shape index (κ3) is 5.21. The van der Waals surface area contributed by atoms with Gasteiger partial charge in [-0.25, -0.2) is 0 Å². The average Bonchev–Trinajstić information content (AvgIpc) is 2.79. The van der Waals surface area contributed by atoms with Crippen molar-refractivity contribution in [3.8, 4) is 0 Å². The molecule has 0 atom stereocenters. The lowest BCUT2D eigenvalue weighted by molar-refractivity contribution is -0.230. The largest absolute Gasteiger partial charge is 0.416 e. The second kappa shape index (κ2) is 9.60. The Balaban J connectivity index is 1.22. The number of benzene rings is 1. The van der Waals surface area contributed by atoms with Gasteiger partial charge in [0.1, 0.15) is 0 Å². The number of hydrogen-bond donors (Lipinski definition) is 0. The summed E-state index contributed by atoms with van der Waals surface area (Å²) in [6.45, 7) is 3.87. The first-order chi connectivity index (χ1) is 14.4. The van der Waals surface area contributed by atoms with E-state index in [1.54, 1.807) is 12.1 Å². The number of alkyl halides is 3. The van der Waals surface area contributed by atoms with Crippen LogP contribution in [-0.2, 0) is 15.7 Å². The van der Waals surface area contributed by atoms with E-state index >= 15 is 0 Å². The highest BCUT2D eigenvalue weighted by molar-refractivity contribution is 5.27. The third-order valence-electron chi connectivity index (χ3n) is 7.92. The van der Waals surface area contributed by atoms with Gasteiger partial charge in [-0.05, 0) is 93.2 Å². The van der Waals surface area contributed by atoms with Gasteiger partial charge < -0.3 is 9.47 Å². The molecule has 1 heterocycles. The zero-order valence-electron chi connectivity index (χ0n) is 18.0. The van der Waals surface area contributed by atoms with Crippen LogP contribution >= 0.6 is 0 Å². The van der Waals surface area contributed by atoms with Gasteiger partial charge in [-0.1, -0.05) is 19.1 Å². The molecule has 1 aromatic carbocycles. The van der Waals surface area contributed by atoms with Gasteiger partial charge in [-0.3, -0.25) is 0 Å². The van der Waals surface area contributed by atoms with Crippen LogP contribution in [0.3, 0.4) is 0 Å². The van der Waals surface area contributed by atoms with Crippen molar-refractivity contribution in [2.24, 2.45) is 23.7 Å². The first-order valence-electron chi connectivity index (χ1n) is 11.8. The maximum atomic E-state index is 12.8. The minimum Gasteiger partial charge on any atom is -0.352 e. The van der Waals surface area contributed by atoms with Crippen LogP contribution in [0.1, 0.15) is 81.8 Å². The van der Waals surface area contributed by atoms with E-state index in [0.29, 0.717) is 17.8 Å². The van der Waals surface area contributed by atoms with Crippen molar-refractivity contribution in [2.75, 3.05) is 13.2 Å². The van der Waals surface area contributed by atoms with Crippen molar-refractivity contribution in [3.63, 3.8) is 0 Å². The van der Waals surface area contributed by atoms with Crippen LogP contribution in [0.5, 0.6) is 0 Å². The summed E-state index contributed by atoms with van der Waals surface area (Å²) in [5.74, 6) is 3.08. The highest BCUT2D eigenvalue weighted by Gasteiger charge is 2.36. The second-order valence-corrected chi connectivity index (χ2v) is 9.72. The summed E-state index contributed by atoms with van der Waals surface area (Å²) in [7, 11) is 0. The summed E-state index contributed by atoms with van der Waals surface area (Å²) in [5.41, 5.74) is 0.523. The molecule has 3 fully saturated rings. The lowest BCUT2D eigenvalue weighted by Gasteiger charge is -2.41. The Morgan fingerprint density at radius 2 is 1.27 bits per heavy atom. The molecule has 3 aliphatic rings. The molecule has 0 radical (unpaired) electrons. The van der Waals surface area contributed by atoms with Gasteiger partial charge in [0, 0.05) is 11.8 Å². The van der Waals surface area contributed by atoms with E-state index in [4.69, 9.17) is 9.47 Å². The quantitative estimate of drug-likeness (QED) is 0.509. The molecule has 1 aromatic rings. The van der Waals surface area contributed by atoms with Crippen molar-refractivity contribution >= 4 is 0 Å². The first kappa shape index (κ1) is 22.1. The topological polar surface area (TPSA) is 18.5 Å². The van der Waals surface area contributed by atoms with E-state index < -0.39 is 11.7 Å². The smallest absolute Gasteiger partial charge is 0.352 e. The molecule has 4 rings (SSSR count). The van der Waals surface area contributed by atoms with Crippen molar-refractivity contribution < 1.29 is 22.6 Å². The minimum absolute atomic E-state index is 0.00385. The lowest BCUT2D eigenvalue weighted by atomic mass is 9.68. The lowest BCUT2D eigenvalue weighted by Crippen LogP contribution is -2.39. The Morgan fingerprint density at radius 1 is 0.767 bits per heavy atom. The number of hydrogen-bond acceptors (Lipinski definition) is 2. The van der Waals surface area contributed by atoms with Gasteiger partial charge in [-0.15, -0.1) is 0 Å². The summed E-state index contributed by atoms with van der Waals surface area (Å²) in [5, 5.41) is 0. The predicted molar refractivity (Wildman–Crippen MR) is 111 cm³/mol. The molecule has 2 aliphatic carbocycles. The van der Waals surface area contributed by atoms with Crippen LogP contribution in [0, 0.1) is 23.7 Å². The molecule has 1 aliphatic heterocycles. The Hall–Kier alpha value is -1.07. The molecule has 0 unspecified atom stereocenters. The minimum atomic E-state index is -4.25. The van der Waals surface area contributed by atoms with Crippen molar-refractivity contribution in [1.29, 1.82) is 0 Å². The molecular weight excluding hydrogens is 389 g/mol. The standard InChI is InChI=1S/C25H35F3O2/c1-2-17-15-29-24(30-16-17)22-9-7-20(8-10-22)18-3-5-19(6-4-18)21-11-13-23(14-12-21)25(26,27)28/h11-14,17-20,22,24H,2-10,15-16H2,1H3. The molecule has 168 valence electrons. The van der Waals surface area contributed by atoms with Crippen molar-refractivity contribution in [2.45, 2.75) is 83.1 Å². The second-order valence-electron chi connectivity index (χ2n) is 9.72. The Bertz CT molecular complexity index is 648. The van der Waals surface area contributed by atoms with E-state index in [9.17, 15) is 13.2 Å². The molecule has 5 heteroatoms. The summed E-state index contributed by atoms with van der Waals surface area (Å²) in [6, 6.07) is 5.85. The maximum Gasteiger partial charge on any atom is 0.416 e. The Labute approximate surface area is 178 Å². The van der Waals surface area contributed by atoms with Crippen LogP contribution in [-0.4, -0.2) is 19.5 Å². The van der Waals surface area contributed by atoms with Crippen molar-refractivity contribution in [3.05, 3.63) is 35.4 Å². The fourth-order valence-electron chi connectivity index (χ4n) is 5.82. The van der Waals surface area contributed by atoms with Crippen LogP contribution < -0.4 is 0 Å². The molecule has 0 N–H and O–H groups in total. The number of ether oxygens (including phenoxy) is 2. The molecule has 30 heavy (non-hydrogen) atoms. The van der Waals surface area contributed by atoms with Gasteiger partial charge >= 0.3 is 6.18 Å². The van der Waals surface area contributed by atoms with E-state index in [1.807, 2.05) is 0 Å². The fraction of sp³-hybridized carbons (Fsp3) is 0.760. The summed E-state index contributed by atoms with van der Waals surface area (Å²) < 4.78 is 50.4. The number of halogens is 3. The molecular formula is C25H35F3O2. The normalized spacial score (nSPS) is 35.9. The van der Waals surface area contributed by atoms with Gasteiger partial charge in [-0.2, -0.15) is 13.2 Å². The van der Waals surface area contributed by atoms with Crippen LogP contribution in [0.2, 0.25) is 0 Å². The van der Waals surface area contributed by atoms with E-state index in [1.165, 1.54) is 50.7 Å². The molecule has 0 aromatic heterocycles. The van der Waals surface area contributed by atoms with Gasteiger partial charge in [0.05, 0.1) is 18.8 Å². The molecule has 2 nitrogen and oxygen atoms in total. The van der Waals surface area contributed by atoms with Crippen LogP contribution in [0.15, 0.2) is 24.3 Å². The zero-order valence-corrected chi connectivity index (χ0v) is 18.0. The Morgan fingerprint density at radius 3 is 1.77 bits per heavy atom. The van der Waals surface area contributed by atoms with Gasteiger partial charge in [0.2, 0.25) is 0 Å². The molecule has 0 amide bonds. The Kier molecular flexibility index (Phi) is 7.08. The number of rotatable bonds is 4. The molecule has 1 saturated heterocycles. The van der Waals surface area contributed by atoms with Gasteiger partial charge in [0.15, 0.2) is 6.29 Å². The molecule has 0 bridgehead atoms. The van der Waals surface area contributed by atoms with E-state index in [0.717, 1.165) is 49.9 Å². The SMILES string of the molecule is CCC1COC(C2CCC(C3CCC(c4ccc(C(F)(F)F)cc4)CC3)CC2)OC1. The predicted octanol–water partition coefficient (Wildman–Crippen LogP) is 7.18. The summed E-state index contributed by atoms with van der Waals surface area (Å²) in [6.07, 6.45) is 6.41. The highest BCUT2D eigenvalue weighted by Crippen LogP contribution is 2.45. The van der Waals surface area contributed by atoms with E-state index in [2.05, 4.69) is 6.92 Å². The third-order valence-corrected chi connectivity index (χ3v) is 7.92. The summed E-state index contributed by atoms with van der Waals surface area (Å²) in [4.78, 5) is 0. The van der Waals surface area contributed by atoms with Crippen LogP contribution in [0.25, 0.3) is 0 Å². The first-order valence-corrected chi connectivity index (χ1v) is 11.8. The summed E-state index contributed by atoms with van der Waals surface area (Å²) >= 11 is 0. The maximum absolute atomic E-state index is 12.8. The molecule has 2 saturated carbocycles. The van der Waals surface area contributed by atoms with Crippen molar-refractivity contribution in [1.82, 2.24) is 0 Å². The average molecular weight is 425 g/mol.